The molecule has 3 heterocycles. The standard InChI is InChI=1S/C24H30F3N5O/c1-4-12(2)32-19(9-17(30-32)14-7-16(24(25,26)27)22(28)29-10-14)23-15-8-18(21(23)20(15)23)31-5-6-33-11-13(31)3/h7,9-10,12-13,15,18,20-21H,4-6,8,11H2,1-3H3,(H2,28,29). The van der Waals surface area contributed by atoms with Gasteiger partial charge in [-0.05, 0) is 56.6 Å². The lowest BCUT2D eigenvalue weighted by Crippen LogP contribution is -2.49. The van der Waals surface area contributed by atoms with Gasteiger partial charge in [-0.15, -0.1) is 0 Å². The van der Waals surface area contributed by atoms with Gasteiger partial charge in [0.05, 0.1) is 24.5 Å². The molecule has 5 aliphatic rings. The van der Waals surface area contributed by atoms with Gasteiger partial charge in [0.15, 0.2) is 0 Å². The van der Waals surface area contributed by atoms with Crippen LogP contribution < -0.4 is 5.73 Å². The van der Waals surface area contributed by atoms with Crippen LogP contribution in [0.2, 0.25) is 0 Å². The van der Waals surface area contributed by atoms with E-state index in [-0.39, 0.29) is 11.5 Å². The van der Waals surface area contributed by atoms with Crippen molar-refractivity contribution in [1.29, 1.82) is 0 Å². The number of rotatable bonds is 5. The molecule has 7 unspecified atom stereocenters. The van der Waals surface area contributed by atoms with Crippen molar-refractivity contribution in [2.45, 2.75) is 63.3 Å². The summed E-state index contributed by atoms with van der Waals surface area (Å²) in [4.78, 5) is 6.45. The third kappa shape index (κ3) is 2.87. The number of fused-ring (bicyclic) bond motifs is 1. The van der Waals surface area contributed by atoms with E-state index >= 15 is 0 Å². The number of nitrogens with two attached hydrogens (primary N) is 1. The molecule has 2 aromatic heterocycles. The summed E-state index contributed by atoms with van der Waals surface area (Å²) < 4.78 is 48.0. The average molecular weight is 462 g/mol. The molecule has 4 saturated carbocycles. The molecule has 2 aromatic rings. The first-order chi connectivity index (χ1) is 15.7. The van der Waals surface area contributed by atoms with Gasteiger partial charge in [0, 0.05) is 47.5 Å². The summed E-state index contributed by atoms with van der Waals surface area (Å²) in [6.45, 7) is 9.03. The van der Waals surface area contributed by atoms with Crippen LogP contribution in [-0.2, 0) is 16.3 Å². The maximum atomic E-state index is 13.4. The molecule has 7 atom stereocenters. The Morgan fingerprint density at radius 3 is 2.76 bits per heavy atom. The van der Waals surface area contributed by atoms with Crippen LogP contribution in [0.3, 0.4) is 0 Å². The number of pyridine rings is 1. The summed E-state index contributed by atoms with van der Waals surface area (Å²) in [6, 6.07) is 4.28. The van der Waals surface area contributed by atoms with Gasteiger partial charge in [0.25, 0.3) is 0 Å². The van der Waals surface area contributed by atoms with Gasteiger partial charge in [0.2, 0.25) is 0 Å². The van der Waals surface area contributed by atoms with Crippen LogP contribution in [0.25, 0.3) is 11.3 Å². The van der Waals surface area contributed by atoms with Gasteiger partial charge in [-0.3, -0.25) is 9.58 Å². The highest BCUT2D eigenvalue weighted by Crippen LogP contribution is 2.91. The van der Waals surface area contributed by atoms with E-state index < -0.39 is 17.6 Å². The molecular weight excluding hydrogens is 431 g/mol. The number of alkyl halides is 3. The zero-order valence-corrected chi connectivity index (χ0v) is 19.1. The quantitative estimate of drug-likeness (QED) is 0.725. The van der Waals surface area contributed by atoms with E-state index in [1.807, 2.05) is 6.07 Å². The fraction of sp³-hybridized carbons (Fsp3) is 0.667. The number of nitrogen functional groups attached to an aromatic ring is 1. The van der Waals surface area contributed by atoms with Gasteiger partial charge >= 0.3 is 6.18 Å². The smallest absolute Gasteiger partial charge is 0.383 e. The lowest BCUT2D eigenvalue weighted by Gasteiger charge is -2.38. The highest BCUT2D eigenvalue weighted by atomic mass is 19.4. The molecule has 1 saturated heterocycles. The molecule has 6 nitrogen and oxygen atoms in total. The summed E-state index contributed by atoms with van der Waals surface area (Å²) in [6.07, 6.45) is -1.04. The van der Waals surface area contributed by atoms with Crippen molar-refractivity contribution < 1.29 is 17.9 Å². The van der Waals surface area contributed by atoms with E-state index in [1.165, 1.54) is 18.3 Å². The van der Waals surface area contributed by atoms with E-state index in [1.54, 1.807) is 0 Å². The van der Waals surface area contributed by atoms with Crippen LogP contribution in [-0.4, -0.2) is 51.5 Å². The third-order valence-electron chi connectivity index (χ3n) is 8.78. The highest BCUT2D eigenvalue weighted by Gasteiger charge is 2.93. The molecule has 2 N–H and O–H groups in total. The lowest BCUT2D eigenvalue weighted by atomic mass is 9.99. The van der Waals surface area contributed by atoms with Crippen molar-refractivity contribution in [2.24, 2.45) is 17.8 Å². The second kappa shape index (κ2) is 6.95. The number of halogens is 3. The number of anilines is 1. The zero-order valence-electron chi connectivity index (χ0n) is 19.1. The monoisotopic (exact) mass is 461 g/mol. The van der Waals surface area contributed by atoms with E-state index in [2.05, 4.69) is 35.3 Å². The molecule has 4 aliphatic carbocycles. The maximum Gasteiger partial charge on any atom is 0.419 e. The highest BCUT2D eigenvalue weighted by molar-refractivity contribution is 5.65. The second-order valence-corrected chi connectivity index (χ2v) is 10.3. The van der Waals surface area contributed by atoms with Crippen molar-refractivity contribution >= 4 is 5.82 Å². The van der Waals surface area contributed by atoms with Crippen LogP contribution in [0.4, 0.5) is 19.0 Å². The number of ether oxygens (including phenoxy) is 1. The molecule has 9 heteroatoms. The Hall–Kier alpha value is -2.13. The zero-order chi connectivity index (χ0) is 23.3. The molecule has 0 amide bonds. The normalized spacial score (nSPS) is 36.0. The molecule has 1 aliphatic heterocycles. The molecular formula is C24H30F3N5O. The SMILES string of the molecule is CCC(C)n1nc(-c2cnc(N)c(C(F)(F)F)c2)cc1C12C3CC(N4CCOCC4C)C1C32. The molecule has 2 bridgehead atoms. The van der Waals surface area contributed by atoms with E-state index in [4.69, 9.17) is 15.6 Å². The minimum Gasteiger partial charge on any atom is -0.383 e. The van der Waals surface area contributed by atoms with Crippen molar-refractivity contribution in [3.63, 3.8) is 0 Å². The van der Waals surface area contributed by atoms with Crippen LogP contribution in [0.15, 0.2) is 18.3 Å². The number of nitrogens with zero attached hydrogens (tertiary/aromatic N) is 4. The fourth-order valence-electron chi connectivity index (χ4n) is 6.98. The van der Waals surface area contributed by atoms with Crippen LogP contribution in [0.1, 0.15) is 50.9 Å². The molecule has 0 spiro atoms. The van der Waals surface area contributed by atoms with Gasteiger partial charge in [-0.2, -0.15) is 18.3 Å². The Bertz CT molecular complexity index is 1090. The van der Waals surface area contributed by atoms with Gasteiger partial charge in [-0.1, -0.05) is 6.92 Å². The predicted octanol–water partition coefficient (Wildman–Crippen LogP) is 4.12. The number of morpholine rings is 1. The fourth-order valence-corrected chi connectivity index (χ4v) is 6.98. The van der Waals surface area contributed by atoms with Crippen LogP contribution in [0, 0.1) is 17.8 Å². The van der Waals surface area contributed by atoms with Gasteiger partial charge < -0.3 is 10.5 Å². The Morgan fingerprint density at radius 2 is 2.09 bits per heavy atom. The van der Waals surface area contributed by atoms with Crippen LogP contribution in [0.5, 0.6) is 0 Å². The minimum absolute atomic E-state index is 0.144. The first kappa shape index (κ1) is 21.4. The largest absolute Gasteiger partial charge is 0.419 e. The molecule has 33 heavy (non-hydrogen) atoms. The molecule has 5 fully saturated rings. The van der Waals surface area contributed by atoms with Gasteiger partial charge in [0.1, 0.15) is 5.82 Å². The molecule has 7 rings (SSSR count). The van der Waals surface area contributed by atoms with Crippen LogP contribution >= 0.6 is 0 Å². The van der Waals surface area contributed by atoms with E-state index in [0.29, 0.717) is 41.1 Å². The first-order valence-corrected chi connectivity index (χ1v) is 12.0. The Labute approximate surface area is 191 Å². The molecule has 0 aromatic carbocycles. The summed E-state index contributed by atoms with van der Waals surface area (Å²) in [5.74, 6) is 1.45. The Kier molecular flexibility index (Phi) is 4.51. The molecule has 0 radical (unpaired) electrons. The number of hydrogen-bond acceptors (Lipinski definition) is 5. The summed E-state index contributed by atoms with van der Waals surface area (Å²) in [5.41, 5.74) is 6.86. The predicted molar refractivity (Wildman–Crippen MR) is 117 cm³/mol. The summed E-state index contributed by atoms with van der Waals surface area (Å²) in [7, 11) is 0. The van der Waals surface area contributed by atoms with E-state index in [0.717, 1.165) is 32.2 Å². The summed E-state index contributed by atoms with van der Waals surface area (Å²) >= 11 is 0. The summed E-state index contributed by atoms with van der Waals surface area (Å²) in [5, 5.41) is 4.82. The number of aromatic nitrogens is 3. The lowest BCUT2D eigenvalue weighted by molar-refractivity contribution is -0.137. The molecule has 178 valence electrons. The topological polar surface area (TPSA) is 69.2 Å². The van der Waals surface area contributed by atoms with Crippen molar-refractivity contribution in [3.05, 3.63) is 29.6 Å². The van der Waals surface area contributed by atoms with Crippen molar-refractivity contribution in [1.82, 2.24) is 19.7 Å². The van der Waals surface area contributed by atoms with Crippen molar-refractivity contribution in [3.8, 4) is 11.3 Å². The average Bonchev–Trinajstić information content (AvgIpc) is 3.34. The maximum absolute atomic E-state index is 13.4. The van der Waals surface area contributed by atoms with Crippen molar-refractivity contribution in [2.75, 3.05) is 25.5 Å². The Balaban J connectivity index is 1.36. The third-order valence-corrected chi connectivity index (χ3v) is 8.78. The first-order valence-electron chi connectivity index (χ1n) is 12.0. The Morgan fingerprint density at radius 1 is 1.30 bits per heavy atom. The second-order valence-electron chi connectivity index (χ2n) is 10.3. The van der Waals surface area contributed by atoms with E-state index in [9.17, 15) is 13.2 Å². The van der Waals surface area contributed by atoms with Gasteiger partial charge in [-0.25, -0.2) is 4.98 Å². The number of hydrogen-bond donors (Lipinski definition) is 1. The minimum atomic E-state index is -4.55.